The highest BCUT2D eigenvalue weighted by Crippen LogP contribution is 2.32. The maximum Gasteiger partial charge on any atom is 0.306 e. The third-order valence-electron chi connectivity index (χ3n) is 4.71. The first-order valence-corrected chi connectivity index (χ1v) is 7.73. The van der Waals surface area contributed by atoms with E-state index in [1.807, 2.05) is 0 Å². The second-order valence-electron chi connectivity index (χ2n) is 6.58. The lowest BCUT2D eigenvalue weighted by molar-refractivity contribution is -0.141. The summed E-state index contributed by atoms with van der Waals surface area (Å²) in [4.78, 5) is 10.2. The van der Waals surface area contributed by atoms with Crippen LogP contribution in [0.2, 0.25) is 0 Å². The van der Waals surface area contributed by atoms with Crippen molar-refractivity contribution in [3.63, 3.8) is 0 Å². The van der Waals surface area contributed by atoms with Crippen LogP contribution in [0.5, 0.6) is 0 Å². The molecule has 0 aliphatic heterocycles. The van der Waals surface area contributed by atoms with Crippen molar-refractivity contribution in [3.8, 4) is 0 Å². The van der Waals surface area contributed by atoms with Crippen molar-refractivity contribution in [2.24, 2.45) is 23.7 Å². The lowest BCUT2D eigenvalue weighted by Gasteiger charge is -2.28. The molecule has 0 aromatic rings. The Hall–Kier alpha value is -0.530. The van der Waals surface area contributed by atoms with E-state index in [1.54, 1.807) is 0 Å². The quantitative estimate of drug-likeness (QED) is 0.773. The Bertz CT molecular complexity index is 233. The number of aliphatic carboxylic acids is 1. The van der Waals surface area contributed by atoms with Gasteiger partial charge in [0, 0.05) is 0 Å². The molecule has 2 aliphatic rings. The van der Waals surface area contributed by atoms with Gasteiger partial charge in [0.05, 0.1) is 5.92 Å². The molecule has 0 aromatic carbocycles. The molecular formula is C16H30O2. The van der Waals surface area contributed by atoms with E-state index in [-0.39, 0.29) is 5.92 Å². The van der Waals surface area contributed by atoms with E-state index in [4.69, 9.17) is 5.11 Å². The molecule has 1 N–H and O–H groups in total. The predicted molar refractivity (Wildman–Crippen MR) is 75.6 cm³/mol. The Labute approximate surface area is 112 Å². The second kappa shape index (κ2) is 7.81. The van der Waals surface area contributed by atoms with Gasteiger partial charge in [-0.25, -0.2) is 0 Å². The summed E-state index contributed by atoms with van der Waals surface area (Å²) in [6.45, 7) is 7.11. The van der Waals surface area contributed by atoms with Gasteiger partial charge in [0.15, 0.2) is 0 Å². The maximum absolute atomic E-state index is 10.2. The molecule has 18 heavy (non-hydrogen) atoms. The lowest BCUT2D eigenvalue weighted by atomic mass is 9.78. The molecule has 0 amide bonds. The molecule has 2 rings (SSSR count). The molecule has 2 fully saturated rings. The summed E-state index contributed by atoms with van der Waals surface area (Å²) in [6, 6.07) is 0. The average Bonchev–Trinajstić information content (AvgIpc) is 2.84. The molecular weight excluding hydrogens is 224 g/mol. The van der Waals surface area contributed by atoms with Crippen molar-refractivity contribution in [2.45, 2.75) is 72.1 Å². The summed E-state index contributed by atoms with van der Waals surface area (Å²) < 4.78 is 0. The van der Waals surface area contributed by atoms with Crippen LogP contribution in [-0.2, 0) is 4.79 Å². The maximum atomic E-state index is 10.2. The van der Waals surface area contributed by atoms with Crippen molar-refractivity contribution in [1.29, 1.82) is 0 Å². The molecule has 2 aliphatic carbocycles. The highest BCUT2D eigenvalue weighted by Gasteiger charge is 2.21. The summed E-state index contributed by atoms with van der Waals surface area (Å²) in [5, 5.41) is 8.41. The number of carbonyl (C=O) groups is 1. The molecule has 0 spiro atoms. The minimum atomic E-state index is -0.609. The van der Waals surface area contributed by atoms with Crippen LogP contribution in [0.15, 0.2) is 0 Å². The first kappa shape index (κ1) is 15.5. The fourth-order valence-electron chi connectivity index (χ4n) is 3.13. The molecule has 0 atom stereocenters. The number of hydrogen-bond acceptors (Lipinski definition) is 1. The Kier molecular flexibility index (Phi) is 6.73. The summed E-state index contributed by atoms with van der Waals surface area (Å²) in [5.74, 6) is 2.34. The largest absolute Gasteiger partial charge is 0.481 e. The van der Waals surface area contributed by atoms with Crippen LogP contribution in [0, 0.1) is 23.7 Å². The van der Waals surface area contributed by atoms with Gasteiger partial charge in [0.1, 0.15) is 0 Å². The first-order valence-electron chi connectivity index (χ1n) is 7.73. The zero-order chi connectivity index (χ0) is 13.5. The topological polar surface area (TPSA) is 37.3 Å². The van der Waals surface area contributed by atoms with Gasteiger partial charge in [-0.1, -0.05) is 46.5 Å². The number of carboxylic acid groups (broad SMARTS) is 1. The third kappa shape index (κ3) is 5.41. The van der Waals surface area contributed by atoms with Crippen LogP contribution in [0.4, 0.5) is 0 Å². The van der Waals surface area contributed by atoms with Gasteiger partial charge >= 0.3 is 5.97 Å². The summed E-state index contributed by atoms with van der Waals surface area (Å²) in [5.41, 5.74) is 0. The van der Waals surface area contributed by atoms with Crippen LogP contribution in [0.25, 0.3) is 0 Å². The highest BCUT2D eigenvalue weighted by molar-refractivity contribution is 5.70. The molecule has 0 radical (unpaired) electrons. The fourth-order valence-corrected chi connectivity index (χ4v) is 3.13. The Morgan fingerprint density at radius 2 is 1.50 bits per heavy atom. The molecule has 106 valence electrons. The van der Waals surface area contributed by atoms with Crippen LogP contribution in [0.3, 0.4) is 0 Å². The zero-order valence-electron chi connectivity index (χ0n) is 12.3. The average molecular weight is 254 g/mol. The Morgan fingerprint density at radius 1 is 1.00 bits per heavy atom. The predicted octanol–water partition coefficient (Wildman–Crippen LogP) is 4.73. The summed E-state index contributed by atoms with van der Waals surface area (Å²) in [6.07, 6.45) is 9.93. The van der Waals surface area contributed by atoms with Crippen molar-refractivity contribution >= 4 is 5.97 Å². The number of carboxylic acids is 1. The molecule has 2 nitrogen and oxygen atoms in total. The van der Waals surface area contributed by atoms with Gasteiger partial charge in [-0.15, -0.1) is 0 Å². The van der Waals surface area contributed by atoms with E-state index in [0.717, 1.165) is 43.4 Å². The van der Waals surface area contributed by atoms with Gasteiger partial charge in [-0.05, 0) is 43.4 Å². The molecule has 0 aromatic heterocycles. The molecule has 2 heteroatoms. The SMILES string of the molecule is CC1CCC(C(C)C)CC1.O=C(O)C1CCCC1. The zero-order valence-corrected chi connectivity index (χ0v) is 12.3. The van der Waals surface area contributed by atoms with Gasteiger partial charge in [-0.2, -0.15) is 0 Å². The number of rotatable bonds is 2. The molecule has 0 bridgehead atoms. The Balaban J connectivity index is 0.000000184. The van der Waals surface area contributed by atoms with Gasteiger partial charge in [0.25, 0.3) is 0 Å². The standard InChI is InChI=1S/C10H20.C6H10O2/c1-8(2)10-6-4-9(3)5-7-10;7-6(8)5-3-1-2-4-5/h8-10H,4-7H2,1-3H3;5H,1-4H2,(H,7,8). The highest BCUT2D eigenvalue weighted by atomic mass is 16.4. The summed E-state index contributed by atoms with van der Waals surface area (Å²) in [7, 11) is 0. The Morgan fingerprint density at radius 3 is 1.83 bits per heavy atom. The van der Waals surface area contributed by atoms with Crippen molar-refractivity contribution in [3.05, 3.63) is 0 Å². The van der Waals surface area contributed by atoms with E-state index in [1.165, 1.54) is 25.7 Å². The number of hydrogen-bond donors (Lipinski definition) is 1. The van der Waals surface area contributed by atoms with E-state index < -0.39 is 5.97 Å². The first-order chi connectivity index (χ1) is 8.50. The van der Waals surface area contributed by atoms with E-state index in [0.29, 0.717) is 0 Å². The second-order valence-corrected chi connectivity index (χ2v) is 6.58. The van der Waals surface area contributed by atoms with Gasteiger partial charge in [-0.3, -0.25) is 4.79 Å². The van der Waals surface area contributed by atoms with E-state index >= 15 is 0 Å². The van der Waals surface area contributed by atoms with E-state index in [2.05, 4.69) is 20.8 Å². The molecule has 2 saturated carbocycles. The molecule has 0 heterocycles. The van der Waals surface area contributed by atoms with Crippen LogP contribution >= 0.6 is 0 Å². The van der Waals surface area contributed by atoms with Crippen LogP contribution in [0.1, 0.15) is 72.1 Å². The fraction of sp³-hybridized carbons (Fsp3) is 0.938. The molecule has 0 unspecified atom stereocenters. The van der Waals surface area contributed by atoms with Crippen LogP contribution in [-0.4, -0.2) is 11.1 Å². The van der Waals surface area contributed by atoms with Crippen molar-refractivity contribution in [1.82, 2.24) is 0 Å². The van der Waals surface area contributed by atoms with Gasteiger partial charge in [0.2, 0.25) is 0 Å². The monoisotopic (exact) mass is 254 g/mol. The van der Waals surface area contributed by atoms with Crippen LogP contribution < -0.4 is 0 Å². The lowest BCUT2D eigenvalue weighted by Crippen LogP contribution is -2.16. The normalized spacial score (nSPS) is 28.9. The summed E-state index contributed by atoms with van der Waals surface area (Å²) >= 11 is 0. The molecule has 0 saturated heterocycles. The third-order valence-corrected chi connectivity index (χ3v) is 4.71. The van der Waals surface area contributed by atoms with Gasteiger partial charge < -0.3 is 5.11 Å². The minimum Gasteiger partial charge on any atom is -0.481 e. The minimum absolute atomic E-state index is 0.0185. The van der Waals surface area contributed by atoms with Crippen molar-refractivity contribution < 1.29 is 9.90 Å². The van der Waals surface area contributed by atoms with E-state index in [9.17, 15) is 4.79 Å². The smallest absolute Gasteiger partial charge is 0.306 e. The van der Waals surface area contributed by atoms with Crippen molar-refractivity contribution in [2.75, 3.05) is 0 Å².